The fourth-order valence-electron chi connectivity index (χ4n) is 9.44. The second kappa shape index (κ2) is 16.8. The number of benzene rings is 6. The highest BCUT2D eigenvalue weighted by Gasteiger charge is 2.45. The molecule has 0 saturated carbocycles. The highest BCUT2D eigenvalue weighted by Crippen LogP contribution is 2.56. The normalized spacial score (nSPS) is 15.1. The van der Waals surface area contributed by atoms with Gasteiger partial charge in [0.05, 0.1) is 43.5 Å². The number of rotatable bonds is 6. The molecule has 0 saturated heterocycles. The van der Waals surface area contributed by atoms with Crippen molar-refractivity contribution in [3.8, 4) is 44.9 Å². The summed E-state index contributed by atoms with van der Waals surface area (Å²) in [6.07, 6.45) is -20.9. The average molecular weight is 961 g/mol. The van der Waals surface area contributed by atoms with E-state index in [1.54, 1.807) is 60.7 Å². The van der Waals surface area contributed by atoms with Gasteiger partial charge < -0.3 is 14.0 Å². The number of fused-ring (bicyclic) bond motifs is 4. The first-order valence-electron chi connectivity index (χ1n) is 21.6. The molecule has 0 aliphatic carbocycles. The van der Waals surface area contributed by atoms with Crippen molar-refractivity contribution in [1.29, 1.82) is 0 Å². The molecule has 68 heavy (non-hydrogen) atoms. The molecule has 0 amide bonds. The number of nitrogens with zero attached hydrogens (tertiary/aromatic N) is 1. The summed E-state index contributed by atoms with van der Waals surface area (Å²) in [5.74, 6) is -0.0101. The molecule has 0 N–H and O–H groups in total. The third-order valence-corrected chi connectivity index (χ3v) is 13.1. The Hall–Kier alpha value is -5.70. The minimum atomic E-state index is -5.23. The molecule has 6 aromatic carbocycles. The van der Waals surface area contributed by atoms with Crippen molar-refractivity contribution in [1.82, 2.24) is 0 Å². The number of halogens is 12. The predicted octanol–water partition coefficient (Wildman–Crippen LogP) is 16.7. The topological polar surface area (TPSA) is 18.5 Å². The van der Waals surface area contributed by atoms with Crippen LogP contribution in [0.1, 0.15) is 105 Å². The molecule has 0 unspecified atom stereocenters. The van der Waals surface area contributed by atoms with Crippen molar-refractivity contribution in [2.24, 2.45) is 0 Å². The van der Waals surface area contributed by atoms with Crippen LogP contribution in [-0.4, -0.2) is 25.8 Å². The monoisotopic (exact) mass is 960 g/mol. The molecule has 0 spiro atoms. The van der Waals surface area contributed by atoms with E-state index in [9.17, 15) is 52.7 Å². The van der Waals surface area contributed by atoms with Gasteiger partial charge in [-0.2, -0.15) is 52.7 Å². The minimum absolute atomic E-state index is 0.00506. The summed E-state index contributed by atoms with van der Waals surface area (Å²) in [6, 6.07) is 18.7. The number of methoxy groups -OCH3 is 2. The summed E-state index contributed by atoms with van der Waals surface area (Å²) in [7, 11) is 4.32. The number of ether oxygens (including phenoxy) is 2. The zero-order valence-electron chi connectivity index (χ0n) is 39.0. The summed E-state index contributed by atoms with van der Waals surface area (Å²) in [5, 5.41) is 1.75. The van der Waals surface area contributed by atoms with Crippen LogP contribution in [0.2, 0.25) is 0 Å². The van der Waals surface area contributed by atoms with E-state index in [0.717, 1.165) is 16.3 Å². The van der Waals surface area contributed by atoms with Crippen LogP contribution in [0.25, 0.3) is 44.2 Å². The lowest BCUT2D eigenvalue weighted by Crippen LogP contribution is -2.44. The Morgan fingerprint density at radius 3 is 1.15 bits per heavy atom. The standard InChI is InChI=1S/C53H50F12NO2/c1-28(30-16-15-29-13-11-12-14-31(29)17-30)66(8)26-40-38(24-42(48(2,3)4)46(67-9)44(40)32-18-34(50(54,55)56)22-35(19-32)51(57,58)59)39-25-43(49(5,6)7)47(68-10)45(41(39)27-66)33-20-36(52(60,61)62)23-37(21-33)53(63,64)65/h11-25,28H,26-27H2,1-10H3/q+1/t28-/m0/s1. The molecule has 0 aromatic heterocycles. The van der Waals surface area contributed by atoms with Crippen molar-refractivity contribution in [3.05, 3.63) is 141 Å². The van der Waals surface area contributed by atoms with Gasteiger partial charge in [-0.05, 0) is 105 Å². The number of quaternary nitrogens is 1. The second-order valence-corrected chi connectivity index (χ2v) is 19.9. The molecule has 0 radical (unpaired) electrons. The van der Waals surface area contributed by atoms with Crippen LogP contribution in [0.4, 0.5) is 52.7 Å². The smallest absolute Gasteiger partial charge is 0.416 e. The fourth-order valence-corrected chi connectivity index (χ4v) is 9.44. The third-order valence-electron chi connectivity index (χ3n) is 13.1. The van der Waals surface area contributed by atoms with Gasteiger partial charge in [0.15, 0.2) is 0 Å². The Morgan fingerprint density at radius 1 is 0.471 bits per heavy atom. The van der Waals surface area contributed by atoms with E-state index in [0.29, 0.717) is 35.4 Å². The lowest BCUT2D eigenvalue weighted by Gasteiger charge is -2.41. The Kier molecular flexibility index (Phi) is 12.4. The quantitative estimate of drug-likeness (QED) is 0.122. The summed E-state index contributed by atoms with van der Waals surface area (Å²) in [4.78, 5) is 0. The van der Waals surface area contributed by atoms with Crippen LogP contribution >= 0.6 is 0 Å². The maximum absolute atomic E-state index is 14.7. The number of hydrogen-bond acceptors (Lipinski definition) is 2. The molecule has 7 rings (SSSR count). The Bertz CT molecular complexity index is 2710. The minimum Gasteiger partial charge on any atom is -0.496 e. The van der Waals surface area contributed by atoms with E-state index < -0.39 is 75.0 Å². The second-order valence-electron chi connectivity index (χ2n) is 19.9. The number of hydrogen-bond donors (Lipinski definition) is 0. The third kappa shape index (κ3) is 9.39. The molecule has 0 fully saturated rings. The first-order chi connectivity index (χ1) is 31.2. The molecule has 362 valence electrons. The van der Waals surface area contributed by atoms with Crippen molar-refractivity contribution in [3.63, 3.8) is 0 Å². The van der Waals surface area contributed by atoms with Crippen molar-refractivity contribution < 1.29 is 66.6 Å². The van der Waals surface area contributed by atoms with Crippen molar-refractivity contribution >= 4 is 10.8 Å². The SMILES string of the molecule is COc1c(C(C)(C)C)cc2c(c1-c1cc(C(F)(F)F)cc(C(F)(F)F)c1)C[N+](C)([C@@H](C)c1ccc3ccccc3c1)Cc1c-2cc(C(C)(C)C)c(OC)c1-c1cc(C(F)(F)F)cc(C(F)(F)F)c1. The molecule has 0 bridgehead atoms. The van der Waals surface area contributed by atoms with E-state index >= 15 is 0 Å². The van der Waals surface area contributed by atoms with Crippen LogP contribution in [0.3, 0.4) is 0 Å². The largest absolute Gasteiger partial charge is 0.496 e. The molecule has 3 nitrogen and oxygen atoms in total. The highest BCUT2D eigenvalue weighted by molar-refractivity contribution is 5.91. The highest BCUT2D eigenvalue weighted by atomic mass is 19.4. The lowest BCUT2D eigenvalue weighted by atomic mass is 9.76. The summed E-state index contributed by atoms with van der Waals surface area (Å²) >= 11 is 0. The first kappa shape index (κ1) is 50.2. The lowest BCUT2D eigenvalue weighted by molar-refractivity contribution is -0.962. The van der Waals surface area contributed by atoms with E-state index in [4.69, 9.17) is 9.47 Å². The zero-order valence-corrected chi connectivity index (χ0v) is 39.0. The van der Waals surface area contributed by atoms with E-state index in [1.165, 1.54) is 14.2 Å². The van der Waals surface area contributed by atoms with Gasteiger partial charge in [0.1, 0.15) is 30.6 Å². The first-order valence-corrected chi connectivity index (χ1v) is 21.6. The molecule has 1 heterocycles. The van der Waals surface area contributed by atoms with Gasteiger partial charge in [0, 0.05) is 38.9 Å². The van der Waals surface area contributed by atoms with Crippen LogP contribution in [0.5, 0.6) is 11.5 Å². The molecule has 1 aliphatic heterocycles. The van der Waals surface area contributed by atoms with Gasteiger partial charge in [-0.1, -0.05) is 77.9 Å². The van der Waals surface area contributed by atoms with Gasteiger partial charge in [-0.25, -0.2) is 0 Å². The molecule has 1 aliphatic rings. The van der Waals surface area contributed by atoms with Gasteiger partial charge in [-0.3, -0.25) is 0 Å². The summed E-state index contributed by atoms with van der Waals surface area (Å²) < 4.78 is 189. The van der Waals surface area contributed by atoms with Gasteiger partial charge in [-0.15, -0.1) is 0 Å². The van der Waals surface area contributed by atoms with Crippen LogP contribution in [0, 0.1) is 0 Å². The summed E-state index contributed by atoms with van der Waals surface area (Å²) in [5.41, 5.74) is -6.67. The Labute approximate surface area is 386 Å². The zero-order chi connectivity index (χ0) is 50.5. The Morgan fingerprint density at radius 2 is 0.824 bits per heavy atom. The van der Waals surface area contributed by atoms with Crippen LogP contribution < -0.4 is 9.47 Å². The average Bonchev–Trinajstić information content (AvgIpc) is 3.35. The van der Waals surface area contributed by atoms with Gasteiger partial charge in [0.2, 0.25) is 0 Å². The molecule has 15 heteroatoms. The fraction of sp³-hybridized carbons (Fsp3) is 0.358. The van der Waals surface area contributed by atoms with Crippen molar-refractivity contribution in [2.75, 3.05) is 21.3 Å². The van der Waals surface area contributed by atoms with Crippen LogP contribution in [-0.2, 0) is 48.6 Å². The Balaban J connectivity index is 1.75. The predicted molar refractivity (Wildman–Crippen MR) is 239 cm³/mol. The molecular weight excluding hydrogens is 911 g/mol. The molecule has 6 aromatic rings. The maximum atomic E-state index is 14.7. The van der Waals surface area contributed by atoms with Gasteiger partial charge >= 0.3 is 24.7 Å². The molecular formula is C53H50F12NO2+. The maximum Gasteiger partial charge on any atom is 0.416 e. The van der Waals surface area contributed by atoms with Crippen molar-refractivity contribution in [2.45, 2.75) is 103 Å². The summed E-state index contributed by atoms with van der Waals surface area (Å²) in [6.45, 7) is 12.2. The van der Waals surface area contributed by atoms with Crippen LogP contribution in [0.15, 0.2) is 91.0 Å². The van der Waals surface area contributed by atoms with E-state index in [2.05, 4.69) is 0 Å². The van der Waals surface area contributed by atoms with E-state index in [-0.39, 0.29) is 74.6 Å². The molecule has 1 atom stereocenters. The van der Waals surface area contributed by atoms with E-state index in [1.807, 2.05) is 49.4 Å². The van der Waals surface area contributed by atoms with Gasteiger partial charge in [0.25, 0.3) is 0 Å². The number of alkyl halides is 12.